The number of benzene rings is 1. The number of carbonyl (C=O) groups excluding carboxylic acids is 2. The van der Waals surface area contributed by atoms with Crippen molar-refractivity contribution >= 4 is 43.7 Å². The van der Waals surface area contributed by atoms with Crippen LogP contribution >= 0.6 is 31.9 Å². The molecule has 2 amide bonds. The van der Waals surface area contributed by atoms with Gasteiger partial charge < -0.3 is 10.6 Å². The predicted octanol–water partition coefficient (Wildman–Crippen LogP) is 5.05. The maximum Gasteiger partial charge on any atom is 0.252 e. The van der Waals surface area contributed by atoms with Crippen LogP contribution in [-0.4, -0.2) is 23.9 Å². The highest BCUT2D eigenvalue weighted by Gasteiger charge is 2.19. The van der Waals surface area contributed by atoms with Gasteiger partial charge in [-0.25, -0.2) is 0 Å². The van der Waals surface area contributed by atoms with Crippen molar-refractivity contribution in [2.24, 2.45) is 0 Å². The van der Waals surface area contributed by atoms with Crippen LogP contribution in [0, 0.1) is 0 Å². The summed E-state index contributed by atoms with van der Waals surface area (Å²) in [6.07, 6.45) is 3.89. The first kappa shape index (κ1) is 21.2. The summed E-state index contributed by atoms with van der Waals surface area (Å²) in [5, 5.41) is 5.94. The van der Waals surface area contributed by atoms with Crippen LogP contribution in [0.5, 0.6) is 0 Å². The van der Waals surface area contributed by atoms with Crippen LogP contribution in [0.2, 0.25) is 0 Å². The molecule has 4 nitrogen and oxygen atoms in total. The smallest absolute Gasteiger partial charge is 0.252 e. The van der Waals surface area contributed by atoms with Crippen molar-refractivity contribution in [1.29, 1.82) is 0 Å². The molecule has 24 heavy (non-hydrogen) atoms. The van der Waals surface area contributed by atoms with Crippen molar-refractivity contribution in [1.82, 2.24) is 10.6 Å². The van der Waals surface area contributed by atoms with E-state index < -0.39 is 0 Å². The van der Waals surface area contributed by atoms with E-state index in [1.54, 1.807) is 12.1 Å². The summed E-state index contributed by atoms with van der Waals surface area (Å²) >= 11 is 6.83. The van der Waals surface area contributed by atoms with E-state index in [1.807, 2.05) is 13.8 Å². The minimum atomic E-state index is -0.144. The number of halogens is 2. The molecule has 0 fully saturated rings. The van der Waals surface area contributed by atoms with Crippen molar-refractivity contribution < 1.29 is 9.59 Å². The summed E-state index contributed by atoms with van der Waals surface area (Å²) in [6.45, 7) is 8.15. The van der Waals surface area contributed by atoms with Crippen molar-refractivity contribution in [3.05, 3.63) is 32.2 Å². The number of amides is 2. The lowest BCUT2D eigenvalue weighted by Gasteiger charge is -2.16. The summed E-state index contributed by atoms with van der Waals surface area (Å²) < 4.78 is 1.22. The lowest BCUT2D eigenvalue weighted by atomic mass is 10.1. The van der Waals surface area contributed by atoms with Gasteiger partial charge in [-0.3, -0.25) is 9.59 Å². The quantitative estimate of drug-likeness (QED) is 0.569. The van der Waals surface area contributed by atoms with E-state index in [2.05, 4.69) is 56.3 Å². The first-order valence-corrected chi connectivity index (χ1v) is 9.99. The van der Waals surface area contributed by atoms with Crippen LogP contribution in [0.15, 0.2) is 21.1 Å². The Labute approximate surface area is 161 Å². The largest absolute Gasteiger partial charge is 0.350 e. The molecule has 134 valence electrons. The molecule has 2 unspecified atom stereocenters. The molecule has 0 radical (unpaired) electrons. The summed E-state index contributed by atoms with van der Waals surface area (Å²) in [5.74, 6) is -0.287. The molecule has 0 aromatic heterocycles. The molecule has 6 heteroatoms. The average Bonchev–Trinajstić information content (AvgIpc) is 2.49. The number of carbonyl (C=O) groups is 2. The van der Waals surface area contributed by atoms with Crippen LogP contribution in [-0.2, 0) is 0 Å². The van der Waals surface area contributed by atoms with E-state index in [0.717, 1.165) is 25.7 Å². The van der Waals surface area contributed by atoms with E-state index in [-0.39, 0.29) is 23.9 Å². The van der Waals surface area contributed by atoms with Gasteiger partial charge in [0.05, 0.1) is 11.1 Å². The molecular weight excluding hydrogens is 436 g/mol. The third-order valence-corrected chi connectivity index (χ3v) is 5.06. The third kappa shape index (κ3) is 6.20. The van der Waals surface area contributed by atoms with Crippen LogP contribution in [0.1, 0.15) is 74.1 Å². The molecule has 0 spiro atoms. The molecule has 0 saturated heterocycles. The molecule has 0 aliphatic heterocycles. The monoisotopic (exact) mass is 460 g/mol. The molecule has 2 atom stereocenters. The van der Waals surface area contributed by atoms with Gasteiger partial charge in [0.15, 0.2) is 0 Å². The van der Waals surface area contributed by atoms with Gasteiger partial charge in [-0.2, -0.15) is 0 Å². The van der Waals surface area contributed by atoms with Gasteiger partial charge in [-0.15, -0.1) is 0 Å². The second kappa shape index (κ2) is 10.2. The van der Waals surface area contributed by atoms with Crippen molar-refractivity contribution in [2.45, 2.75) is 65.5 Å². The Bertz CT molecular complexity index is 539. The Balaban J connectivity index is 2.93. The van der Waals surface area contributed by atoms with Gasteiger partial charge in [0.25, 0.3) is 11.8 Å². The Morgan fingerprint density at radius 2 is 1.21 bits per heavy atom. The Morgan fingerprint density at radius 1 is 0.875 bits per heavy atom. The zero-order valence-corrected chi connectivity index (χ0v) is 17.9. The highest BCUT2D eigenvalue weighted by Crippen LogP contribution is 2.26. The van der Waals surface area contributed by atoms with Crippen molar-refractivity contribution in [2.75, 3.05) is 0 Å². The summed E-state index contributed by atoms with van der Waals surface area (Å²) in [5.41, 5.74) is 1.03. The fourth-order valence-electron chi connectivity index (χ4n) is 2.51. The molecular formula is C18H26Br2N2O2. The number of hydrogen-bond acceptors (Lipinski definition) is 2. The highest BCUT2D eigenvalue weighted by atomic mass is 79.9. The number of rotatable bonds is 8. The van der Waals surface area contributed by atoms with Gasteiger partial charge in [0.1, 0.15) is 0 Å². The number of nitrogens with one attached hydrogen (secondary N) is 2. The molecule has 0 heterocycles. The summed E-state index contributed by atoms with van der Waals surface area (Å²) in [7, 11) is 0. The SMILES string of the molecule is CCCC(C)NC(=O)c1cc(Br)c(C(=O)NC(C)CCC)cc1Br. The molecule has 0 bridgehead atoms. The molecule has 2 N–H and O–H groups in total. The molecule has 1 aromatic rings. The van der Waals surface area contributed by atoms with Crippen molar-refractivity contribution in [3.8, 4) is 0 Å². The lowest BCUT2D eigenvalue weighted by Crippen LogP contribution is -2.34. The van der Waals surface area contributed by atoms with E-state index in [1.165, 1.54) is 0 Å². The molecule has 0 aliphatic rings. The first-order chi connectivity index (χ1) is 11.3. The Morgan fingerprint density at radius 3 is 1.50 bits per heavy atom. The van der Waals surface area contributed by atoms with Crippen LogP contribution in [0.4, 0.5) is 0 Å². The standard InChI is InChI=1S/C18H26Br2N2O2/c1-5-7-11(3)21-17(23)13-9-16(20)14(10-15(13)19)18(24)22-12(4)8-6-2/h9-12H,5-8H2,1-4H3,(H,21,23)(H,22,24). The minimum absolute atomic E-state index is 0.117. The maximum atomic E-state index is 12.4. The van der Waals surface area contributed by atoms with Gasteiger partial charge >= 0.3 is 0 Å². The predicted molar refractivity (Wildman–Crippen MR) is 106 cm³/mol. The van der Waals surface area contributed by atoms with E-state index in [9.17, 15) is 9.59 Å². The second-order valence-electron chi connectivity index (χ2n) is 6.14. The highest BCUT2D eigenvalue weighted by molar-refractivity contribution is 9.11. The van der Waals surface area contributed by atoms with Crippen molar-refractivity contribution in [3.63, 3.8) is 0 Å². The van der Waals surface area contributed by atoms with E-state index in [4.69, 9.17) is 0 Å². The maximum absolute atomic E-state index is 12.4. The van der Waals surface area contributed by atoms with Gasteiger partial charge in [0.2, 0.25) is 0 Å². The van der Waals surface area contributed by atoms with Crippen LogP contribution < -0.4 is 10.6 Å². The average molecular weight is 462 g/mol. The van der Waals surface area contributed by atoms with Crippen LogP contribution in [0.3, 0.4) is 0 Å². The Hall–Kier alpha value is -0.880. The molecule has 1 aromatic carbocycles. The molecule has 1 rings (SSSR count). The van der Waals surface area contributed by atoms with E-state index >= 15 is 0 Å². The summed E-state index contributed by atoms with van der Waals surface area (Å²) in [4.78, 5) is 24.8. The first-order valence-electron chi connectivity index (χ1n) is 8.40. The number of hydrogen-bond donors (Lipinski definition) is 2. The fraction of sp³-hybridized carbons (Fsp3) is 0.556. The zero-order chi connectivity index (χ0) is 18.3. The molecule has 0 aliphatic carbocycles. The Kier molecular flexibility index (Phi) is 8.98. The van der Waals surface area contributed by atoms with Crippen LogP contribution in [0.25, 0.3) is 0 Å². The third-order valence-electron chi connectivity index (χ3n) is 3.74. The van der Waals surface area contributed by atoms with Gasteiger partial charge in [-0.1, -0.05) is 26.7 Å². The van der Waals surface area contributed by atoms with Gasteiger partial charge in [-0.05, 0) is 70.7 Å². The molecule has 0 saturated carbocycles. The topological polar surface area (TPSA) is 58.2 Å². The normalized spacial score (nSPS) is 13.2. The minimum Gasteiger partial charge on any atom is -0.350 e. The zero-order valence-electron chi connectivity index (χ0n) is 14.7. The fourth-order valence-corrected chi connectivity index (χ4v) is 3.56. The summed E-state index contributed by atoms with van der Waals surface area (Å²) in [6, 6.07) is 3.62. The van der Waals surface area contributed by atoms with E-state index in [0.29, 0.717) is 20.1 Å². The van der Waals surface area contributed by atoms with Gasteiger partial charge in [0, 0.05) is 21.0 Å². The second-order valence-corrected chi connectivity index (χ2v) is 7.85. The lowest BCUT2D eigenvalue weighted by molar-refractivity contribution is 0.0924.